The standard InChI is InChI=1S/C21H24FN3O4S/c1-21(2,3)29-20(28)23-12-5-7-13(8-6-12)25-18(26)17-16(24-19(25)27)14-10-11(22)4-9-15(14)30-17/h4,9-10,12-13H,5-8H2,1-3H3,(H,23,28)(H,24,27). The van der Waals surface area contributed by atoms with Crippen LogP contribution in [0.4, 0.5) is 9.18 Å². The lowest BCUT2D eigenvalue weighted by Crippen LogP contribution is -2.44. The van der Waals surface area contributed by atoms with E-state index in [0.717, 1.165) is 4.70 Å². The average molecular weight is 434 g/mol. The van der Waals surface area contributed by atoms with E-state index in [0.29, 0.717) is 41.3 Å². The lowest BCUT2D eigenvalue weighted by Gasteiger charge is -2.30. The number of amides is 1. The first-order valence-electron chi connectivity index (χ1n) is 9.98. The van der Waals surface area contributed by atoms with Gasteiger partial charge in [-0.3, -0.25) is 9.36 Å². The number of alkyl carbamates (subject to hydrolysis) is 1. The van der Waals surface area contributed by atoms with Gasteiger partial charge in [-0.25, -0.2) is 14.0 Å². The molecular weight excluding hydrogens is 409 g/mol. The van der Waals surface area contributed by atoms with Crippen molar-refractivity contribution in [3.05, 3.63) is 44.9 Å². The Bertz CT molecular complexity index is 1230. The molecule has 9 heteroatoms. The molecule has 1 fully saturated rings. The number of aromatic nitrogens is 2. The summed E-state index contributed by atoms with van der Waals surface area (Å²) < 4.78 is 21.4. The predicted molar refractivity (Wildman–Crippen MR) is 115 cm³/mol. The molecule has 0 radical (unpaired) electrons. The van der Waals surface area contributed by atoms with Gasteiger partial charge < -0.3 is 15.0 Å². The minimum atomic E-state index is -0.565. The van der Waals surface area contributed by atoms with E-state index in [2.05, 4.69) is 10.3 Å². The van der Waals surface area contributed by atoms with Crippen molar-refractivity contribution in [2.45, 2.75) is 64.1 Å². The molecule has 0 aliphatic heterocycles. The highest BCUT2D eigenvalue weighted by Gasteiger charge is 2.28. The van der Waals surface area contributed by atoms with Crippen molar-refractivity contribution in [1.82, 2.24) is 14.9 Å². The Kier molecular flexibility index (Phi) is 5.17. The molecule has 4 rings (SSSR count). The van der Waals surface area contributed by atoms with Crippen LogP contribution in [0, 0.1) is 5.82 Å². The number of rotatable bonds is 2. The normalized spacial score (nSPS) is 19.9. The molecule has 2 heterocycles. The SMILES string of the molecule is CC(C)(C)OC(=O)NC1CCC(n2c(=O)[nH]c3c(sc4ccc(F)cc43)c2=O)CC1. The van der Waals surface area contributed by atoms with Gasteiger partial charge in [0.15, 0.2) is 0 Å². The molecule has 160 valence electrons. The Morgan fingerprint density at radius 1 is 1.23 bits per heavy atom. The summed E-state index contributed by atoms with van der Waals surface area (Å²) in [5.74, 6) is -0.414. The molecule has 1 amide bonds. The van der Waals surface area contributed by atoms with Gasteiger partial charge >= 0.3 is 11.8 Å². The molecule has 2 aromatic heterocycles. The molecule has 0 atom stereocenters. The van der Waals surface area contributed by atoms with Crippen molar-refractivity contribution in [2.75, 3.05) is 0 Å². The quantitative estimate of drug-likeness (QED) is 0.638. The van der Waals surface area contributed by atoms with Crippen molar-refractivity contribution in [3.63, 3.8) is 0 Å². The Morgan fingerprint density at radius 3 is 2.60 bits per heavy atom. The lowest BCUT2D eigenvalue weighted by molar-refractivity contribution is 0.0487. The lowest BCUT2D eigenvalue weighted by atomic mass is 9.91. The fraction of sp³-hybridized carbons (Fsp3) is 0.476. The third-order valence-electron chi connectivity index (χ3n) is 5.30. The van der Waals surface area contributed by atoms with Gasteiger partial charge in [0.25, 0.3) is 5.56 Å². The van der Waals surface area contributed by atoms with E-state index in [-0.39, 0.29) is 17.6 Å². The van der Waals surface area contributed by atoms with Crippen LogP contribution in [0.1, 0.15) is 52.5 Å². The van der Waals surface area contributed by atoms with Gasteiger partial charge in [-0.1, -0.05) is 0 Å². The van der Waals surface area contributed by atoms with Gasteiger partial charge in [-0.2, -0.15) is 0 Å². The topological polar surface area (TPSA) is 93.2 Å². The van der Waals surface area contributed by atoms with Crippen LogP contribution in [-0.2, 0) is 4.74 Å². The molecular formula is C21H24FN3O4S. The van der Waals surface area contributed by atoms with Crippen molar-refractivity contribution >= 4 is 37.7 Å². The zero-order valence-electron chi connectivity index (χ0n) is 17.1. The van der Waals surface area contributed by atoms with E-state index in [4.69, 9.17) is 4.74 Å². The predicted octanol–water partition coefficient (Wildman–Crippen LogP) is 4.05. The molecule has 1 aromatic carbocycles. The molecule has 7 nitrogen and oxygen atoms in total. The fourth-order valence-corrected chi connectivity index (χ4v) is 5.07. The summed E-state index contributed by atoms with van der Waals surface area (Å²) >= 11 is 1.25. The minimum absolute atomic E-state index is 0.0538. The van der Waals surface area contributed by atoms with Crippen molar-refractivity contribution < 1.29 is 13.9 Å². The molecule has 1 aliphatic rings. The third-order valence-corrected chi connectivity index (χ3v) is 6.46. The fourth-order valence-electron chi connectivity index (χ4n) is 4.00. The number of hydrogen-bond donors (Lipinski definition) is 2. The maximum Gasteiger partial charge on any atom is 0.407 e. The molecule has 2 N–H and O–H groups in total. The number of nitrogens with one attached hydrogen (secondary N) is 2. The van der Waals surface area contributed by atoms with Crippen LogP contribution in [0.15, 0.2) is 27.8 Å². The summed E-state index contributed by atoms with van der Waals surface area (Å²) in [7, 11) is 0. The Morgan fingerprint density at radius 2 is 1.93 bits per heavy atom. The Balaban J connectivity index is 1.56. The number of thiophene rings is 1. The van der Waals surface area contributed by atoms with Gasteiger partial charge in [0.2, 0.25) is 0 Å². The molecule has 0 spiro atoms. The Labute approximate surface area is 175 Å². The van der Waals surface area contributed by atoms with Gasteiger partial charge in [-0.15, -0.1) is 11.3 Å². The number of carbonyl (C=O) groups is 1. The number of H-pyrrole nitrogens is 1. The van der Waals surface area contributed by atoms with Crippen LogP contribution in [0.2, 0.25) is 0 Å². The number of hydrogen-bond acceptors (Lipinski definition) is 5. The highest BCUT2D eigenvalue weighted by atomic mass is 32.1. The maximum atomic E-state index is 13.6. The van der Waals surface area contributed by atoms with E-state index < -0.39 is 23.2 Å². The molecule has 1 saturated carbocycles. The van der Waals surface area contributed by atoms with Gasteiger partial charge in [0, 0.05) is 22.2 Å². The molecule has 0 bridgehead atoms. The van der Waals surface area contributed by atoms with Crippen LogP contribution in [-0.4, -0.2) is 27.3 Å². The maximum absolute atomic E-state index is 13.6. The smallest absolute Gasteiger partial charge is 0.407 e. The number of ether oxygens (including phenoxy) is 1. The number of benzene rings is 1. The summed E-state index contributed by atoms with van der Waals surface area (Å²) in [6, 6.07) is 3.99. The monoisotopic (exact) mass is 433 g/mol. The number of halogens is 1. The van der Waals surface area contributed by atoms with Crippen molar-refractivity contribution in [1.29, 1.82) is 0 Å². The first kappa shape index (κ1) is 20.6. The van der Waals surface area contributed by atoms with Gasteiger partial charge in [0.05, 0.1) is 5.52 Å². The number of nitrogens with zero attached hydrogens (tertiary/aromatic N) is 1. The molecule has 3 aromatic rings. The highest BCUT2D eigenvalue weighted by Crippen LogP contribution is 2.32. The van der Waals surface area contributed by atoms with Crippen LogP contribution in [0.3, 0.4) is 0 Å². The van der Waals surface area contributed by atoms with E-state index in [1.54, 1.807) is 26.8 Å². The first-order valence-corrected chi connectivity index (χ1v) is 10.8. The number of carbonyl (C=O) groups excluding carboxylic acids is 1. The summed E-state index contributed by atoms with van der Waals surface area (Å²) in [6.07, 6.45) is 2.01. The number of aromatic amines is 1. The molecule has 30 heavy (non-hydrogen) atoms. The van der Waals surface area contributed by atoms with E-state index in [9.17, 15) is 18.8 Å². The van der Waals surface area contributed by atoms with Crippen LogP contribution in [0.25, 0.3) is 20.3 Å². The first-order chi connectivity index (χ1) is 14.1. The largest absolute Gasteiger partial charge is 0.444 e. The van der Waals surface area contributed by atoms with E-state index in [1.807, 2.05) is 0 Å². The van der Waals surface area contributed by atoms with Crippen molar-refractivity contribution in [2.24, 2.45) is 0 Å². The average Bonchev–Trinajstić information content (AvgIpc) is 3.00. The second-order valence-corrected chi connectivity index (χ2v) is 9.76. The van der Waals surface area contributed by atoms with Crippen molar-refractivity contribution in [3.8, 4) is 0 Å². The third kappa shape index (κ3) is 3.98. The summed E-state index contributed by atoms with van der Waals surface area (Å²) in [5.41, 5.74) is -1.01. The summed E-state index contributed by atoms with van der Waals surface area (Å²) in [5, 5.41) is 3.40. The van der Waals surface area contributed by atoms with Crippen LogP contribution >= 0.6 is 11.3 Å². The molecule has 0 unspecified atom stereocenters. The second-order valence-electron chi connectivity index (χ2n) is 8.70. The van der Waals surface area contributed by atoms with E-state index >= 15 is 0 Å². The Hall–Kier alpha value is -2.68. The van der Waals surface area contributed by atoms with Crippen LogP contribution < -0.4 is 16.6 Å². The highest BCUT2D eigenvalue weighted by molar-refractivity contribution is 7.25. The van der Waals surface area contributed by atoms with Gasteiger partial charge in [-0.05, 0) is 64.7 Å². The van der Waals surface area contributed by atoms with Gasteiger partial charge in [0.1, 0.15) is 16.1 Å². The minimum Gasteiger partial charge on any atom is -0.444 e. The zero-order valence-corrected chi connectivity index (χ0v) is 17.9. The zero-order chi connectivity index (χ0) is 21.6. The molecule has 0 saturated heterocycles. The summed E-state index contributed by atoms with van der Waals surface area (Å²) in [4.78, 5) is 40.6. The summed E-state index contributed by atoms with van der Waals surface area (Å²) in [6.45, 7) is 5.42. The van der Waals surface area contributed by atoms with Crippen LogP contribution in [0.5, 0.6) is 0 Å². The second kappa shape index (κ2) is 7.54. The van der Waals surface area contributed by atoms with E-state index in [1.165, 1.54) is 28.0 Å². The molecule has 1 aliphatic carbocycles. The number of fused-ring (bicyclic) bond motifs is 3.